The van der Waals surface area contributed by atoms with Crippen LogP contribution in [0.5, 0.6) is 0 Å². The van der Waals surface area contributed by atoms with E-state index in [1.54, 1.807) is 0 Å². The Balaban J connectivity index is 1.59. The van der Waals surface area contributed by atoms with E-state index in [-0.39, 0.29) is 0 Å². The van der Waals surface area contributed by atoms with E-state index in [9.17, 15) is 0 Å². The Labute approximate surface area is 126 Å². The first-order valence-electron chi connectivity index (χ1n) is 7.75. The molecule has 0 bridgehead atoms. The van der Waals surface area contributed by atoms with Crippen LogP contribution in [0.15, 0.2) is 29.3 Å². The predicted octanol–water partition coefficient (Wildman–Crippen LogP) is 4.17. The molecule has 1 heterocycles. The van der Waals surface area contributed by atoms with Crippen molar-refractivity contribution in [2.24, 2.45) is 10.9 Å². The highest BCUT2D eigenvalue weighted by Crippen LogP contribution is 2.32. The van der Waals surface area contributed by atoms with Crippen LogP contribution in [0.2, 0.25) is 0 Å². The molecule has 1 aromatic carbocycles. The van der Waals surface area contributed by atoms with Crippen LogP contribution in [0.1, 0.15) is 50.2 Å². The zero-order valence-corrected chi connectivity index (χ0v) is 13.2. The number of aliphatic imine (C=N–C) groups is 1. The fourth-order valence-electron chi connectivity index (χ4n) is 3.07. The van der Waals surface area contributed by atoms with Crippen molar-refractivity contribution < 1.29 is 0 Å². The molecule has 3 rings (SSSR count). The highest BCUT2D eigenvalue weighted by atomic mass is 32.2. The Kier molecular flexibility index (Phi) is 4.35. The minimum absolute atomic E-state index is 0.602. The standard InChI is InChI=1S/C17H24N2S/c1-12(2)14-8-6-13(7-9-14)10-18-17-19-16-5-3-4-15(16)11-20-17/h6-9,12,15-16H,3-5,10-11H2,1-2H3,(H,18,19). The third kappa shape index (κ3) is 3.20. The molecule has 20 heavy (non-hydrogen) atoms. The van der Waals surface area contributed by atoms with Crippen LogP contribution in [-0.4, -0.2) is 17.0 Å². The average molecular weight is 288 g/mol. The van der Waals surface area contributed by atoms with Gasteiger partial charge in [-0.3, -0.25) is 4.99 Å². The van der Waals surface area contributed by atoms with Gasteiger partial charge in [-0.15, -0.1) is 0 Å². The second-order valence-electron chi connectivity index (χ2n) is 6.27. The summed E-state index contributed by atoms with van der Waals surface area (Å²) < 4.78 is 0. The molecule has 0 aromatic heterocycles. The van der Waals surface area contributed by atoms with Gasteiger partial charge in [0.15, 0.2) is 5.17 Å². The summed E-state index contributed by atoms with van der Waals surface area (Å²) >= 11 is 1.91. The van der Waals surface area contributed by atoms with Gasteiger partial charge in [-0.2, -0.15) is 0 Å². The van der Waals surface area contributed by atoms with Crippen LogP contribution >= 0.6 is 11.8 Å². The van der Waals surface area contributed by atoms with E-state index in [1.807, 2.05) is 11.8 Å². The van der Waals surface area contributed by atoms with E-state index in [1.165, 1.54) is 36.1 Å². The minimum atomic E-state index is 0.602. The zero-order valence-electron chi connectivity index (χ0n) is 12.4. The van der Waals surface area contributed by atoms with Gasteiger partial charge in [0.1, 0.15) is 0 Å². The molecule has 3 heteroatoms. The number of hydrogen-bond acceptors (Lipinski definition) is 2. The second-order valence-corrected chi connectivity index (χ2v) is 7.28. The van der Waals surface area contributed by atoms with E-state index in [0.717, 1.165) is 17.6 Å². The van der Waals surface area contributed by atoms with Crippen LogP contribution in [0.25, 0.3) is 0 Å². The molecule has 2 unspecified atom stereocenters. The maximum atomic E-state index is 4.76. The third-order valence-electron chi connectivity index (χ3n) is 4.45. The van der Waals surface area contributed by atoms with Gasteiger partial charge in [0.25, 0.3) is 0 Å². The number of benzene rings is 1. The molecule has 1 N–H and O–H groups in total. The average Bonchev–Trinajstić information content (AvgIpc) is 2.93. The van der Waals surface area contributed by atoms with E-state index in [2.05, 4.69) is 43.4 Å². The first kappa shape index (κ1) is 14.0. The van der Waals surface area contributed by atoms with Crippen molar-refractivity contribution in [3.8, 4) is 0 Å². The first-order chi connectivity index (χ1) is 9.72. The molecule has 2 aliphatic rings. The molecule has 1 aliphatic heterocycles. The Hall–Kier alpha value is -0.960. The van der Waals surface area contributed by atoms with Gasteiger partial charge >= 0.3 is 0 Å². The summed E-state index contributed by atoms with van der Waals surface area (Å²) in [7, 11) is 0. The lowest BCUT2D eigenvalue weighted by atomic mass is 10.0. The number of fused-ring (bicyclic) bond motifs is 1. The van der Waals surface area contributed by atoms with Crippen LogP contribution in [0.3, 0.4) is 0 Å². The molecular formula is C17H24N2S. The summed E-state index contributed by atoms with van der Waals surface area (Å²) in [4.78, 5) is 4.76. The van der Waals surface area contributed by atoms with E-state index in [0.29, 0.717) is 12.0 Å². The molecule has 0 amide bonds. The summed E-state index contributed by atoms with van der Waals surface area (Å²) in [6, 6.07) is 9.58. The highest BCUT2D eigenvalue weighted by Gasteiger charge is 2.31. The van der Waals surface area contributed by atoms with Gasteiger partial charge in [-0.1, -0.05) is 56.3 Å². The van der Waals surface area contributed by atoms with Gasteiger partial charge in [0, 0.05) is 11.8 Å². The van der Waals surface area contributed by atoms with Crippen molar-refractivity contribution in [2.45, 2.75) is 51.6 Å². The second kappa shape index (κ2) is 6.21. The topological polar surface area (TPSA) is 24.4 Å². The van der Waals surface area contributed by atoms with Crippen LogP contribution in [0, 0.1) is 5.92 Å². The lowest BCUT2D eigenvalue weighted by Crippen LogP contribution is -2.41. The Bertz CT molecular complexity index is 478. The molecule has 1 aliphatic carbocycles. The summed E-state index contributed by atoms with van der Waals surface area (Å²) in [5, 5.41) is 4.78. The molecular weight excluding hydrogens is 264 g/mol. The zero-order chi connectivity index (χ0) is 13.9. The van der Waals surface area contributed by atoms with Crippen molar-refractivity contribution in [3.63, 3.8) is 0 Å². The highest BCUT2D eigenvalue weighted by molar-refractivity contribution is 8.13. The lowest BCUT2D eigenvalue weighted by molar-refractivity contribution is 0.489. The molecule has 1 aromatic rings. The van der Waals surface area contributed by atoms with E-state index in [4.69, 9.17) is 4.99 Å². The summed E-state index contributed by atoms with van der Waals surface area (Å²) in [6.45, 7) is 5.26. The quantitative estimate of drug-likeness (QED) is 0.902. The predicted molar refractivity (Wildman–Crippen MR) is 88.4 cm³/mol. The number of thioether (sulfide) groups is 1. The van der Waals surface area contributed by atoms with Crippen LogP contribution < -0.4 is 5.32 Å². The molecule has 108 valence electrons. The summed E-state index contributed by atoms with van der Waals surface area (Å²) in [5.74, 6) is 2.73. The fourth-order valence-corrected chi connectivity index (χ4v) is 4.24. The molecule has 1 saturated heterocycles. The maximum absolute atomic E-state index is 4.76. The molecule has 2 fully saturated rings. The first-order valence-corrected chi connectivity index (χ1v) is 8.73. The third-order valence-corrected chi connectivity index (χ3v) is 5.57. The van der Waals surface area contributed by atoms with Crippen LogP contribution in [-0.2, 0) is 6.54 Å². The van der Waals surface area contributed by atoms with Crippen molar-refractivity contribution in [3.05, 3.63) is 35.4 Å². The van der Waals surface area contributed by atoms with Gasteiger partial charge in [0.05, 0.1) is 6.54 Å². The minimum Gasteiger partial charge on any atom is -0.362 e. The normalized spacial score (nSPS) is 27.6. The Morgan fingerprint density at radius 1 is 1.25 bits per heavy atom. The smallest absolute Gasteiger partial charge is 0.157 e. The molecule has 2 nitrogen and oxygen atoms in total. The maximum Gasteiger partial charge on any atom is 0.157 e. The monoisotopic (exact) mass is 288 g/mol. The van der Waals surface area contributed by atoms with Crippen molar-refractivity contribution in [2.75, 3.05) is 5.75 Å². The Morgan fingerprint density at radius 3 is 2.80 bits per heavy atom. The lowest BCUT2D eigenvalue weighted by Gasteiger charge is -2.28. The van der Waals surface area contributed by atoms with Crippen molar-refractivity contribution in [1.82, 2.24) is 5.32 Å². The molecule has 1 saturated carbocycles. The molecule has 2 atom stereocenters. The van der Waals surface area contributed by atoms with Crippen molar-refractivity contribution >= 4 is 16.9 Å². The van der Waals surface area contributed by atoms with Gasteiger partial charge in [-0.25, -0.2) is 0 Å². The molecule has 0 spiro atoms. The largest absolute Gasteiger partial charge is 0.362 e. The number of hydrogen-bond donors (Lipinski definition) is 1. The number of rotatable bonds is 3. The van der Waals surface area contributed by atoms with E-state index >= 15 is 0 Å². The fraction of sp³-hybridized carbons (Fsp3) is 0.588. The summed E-state index contributed by atoms with van der Waals surface area (Å²) in [5.41, 5.74) is 2.71. The van der Waals surface area contributed by atoms with Gasteiger partial charge in [-0.05, 0) is 35.8 Å². The van der Waals surface area contributed by atoms with Crippen LogP contribution in [0.4, 0.5) is 0 Å². The van der Waals surface area contributed by atoms with Crippen molar-refractivity contribution in [1.29, 1.82) is 0 Å². The number of nitrogens with zero attached hydrogens (tertiary/aromatic N) is 1. The number of nitrogens with one attached hydrogen (secondary N) is 1. The summed E-state index contributed by atoms with van der Waals surface area (Å²) in [6.07, 6.45) is 4.11. The number of amidine groups is 1. The van der Waals surface area contributed by atoms with Gasteiger partial charge < -0.3 is 5.32 Å². The Morgan fingerprint density at radius 2 is 2.05 bits per heavy atom. The van der Waals surface area contributed by atoms with Gasteiger partial charge in [0.2, 0.25) is 0 Å². The SMILES string of the molecule is CC(C)c1ccc(CN=C2NC3CCCC3CS2)cc1. The van der Waals surface area contributed by atoms with E-state index < -0.39 is 0 Å². The molecule has 0 radical (unpaired) electrons.